The van der Waals surface area contributed by atoms with Crippen molar-refractivity contribution in [2.45, 2.75) is 38.0 Å². The van der Waals surface area contributed by atoms with Gasteiger partial charge in [-0.25, -0.2) is 9.97 Å². The molecule has 0 amide bonds. The summed E-state index contributed by atoms with van der Waals surface area (Å²) < 4.78 is 0. The molecule has 0 radical (unpaired) electrons. The fraction of sp³-hybridized carbons (Fsp3) is 0.714. The number of hydrogen-bond donors (Lipinski definition) is 1. The van der Waals surface area contributed by atoms with Gasteiger partial charge in [0.15, 0.2) is 0 Å². The third kappa shape index (κ3) is 2.87. The molecule has 0 saturated carbocycles. The van der Waals surface area contributed by atoms with Gasteiger partial charge in [-0.05, 0) is 32.5 Å². The van der Waals surface area contributed by atoms with Crippen molar-refractivity contribution in [2.24, 2.45) is 5.73 Å². The molecule has 1 saturated heterocycles. The summed E-state index contributed by atoms with van der Waals surface area (Å²) in [5.74, 6) is 1.41. The van der Waals surface area contributed by atoms with Crippen molar-refractivity contribution in [2.75, 3.05) is 26.7 Å². The van der Waals surface area contributed by atoms with Gasteiger partial charge in [-0.1, -0.05) is 13.8 Å². The van der Waals surface area contributed by atoms with Crippen LogP contribution in [0.4, 0.5) is 0 Å². The molecule has 0 aliphatic carbocycles. The molecule has 1 unspecified atom stereocenters. The first kappa shape index (κ1) is 13.4. The van der Waals surface area contributed by atoms with Gasteiger partial charge in [-0.3, -0.25) is 0 Å². The van der Waals surface area contributed by atoms with E-state index in [4.69, 9.17) is 10.7 Å². The van der Waals surface area contributed by atoms with Crippen molar-refractivity contribution in [1.29, 1.82) is 0 Å². The lowest BCUT2D eigenvalue weighted by molar-refractivity contribution is 0.248. The predicted molar refractivity (Wildman–Crippen MR) is 73.6 cm³/mol. The Kier molecular flexibility index (Phi) is 3.97. The van der Waals surface area contributed by atoms with Gasteiger partial charge in [0.25, 0.3) is 0 Å². The number of rotatable bonds is 3. The third-order valence-electron chi connectivity index (χ3n) is 3.84. The third-order valence-corrected chi connectivity index (χ3v) is 3.84. The van der Waals surface area contributed by atoms with Crippen molar-refractivity contribution in [3.05, 3.63) is 23.8 Å². The minimum atomic E-state index is -0.142. The van der Waals surface area contributed by atoms with Crippen LogP contribution in [0.1, 0.15) is 44.1 Å². The van der Waals surface area contributed by atoms with Gasteiger partial charge < -0.3 is 10.6 Å². The van der Waals surface area contributed by atoms with E-state index >= 15 is 0 Å². The highest BCUT2D eigenvalue weighted by Gasteiger charge is 2.25. The molecular weight excluding hydrogens is 224 g/mol. The summed E-state index contributed by atoms with van der Waals surface area (Å²) in [6, 6.07) is 2.06. The van der Waals surface area contributed by atoms with Crippen molar-refractivity contribution in [3.63, 3.8) is 0 Å². The van der Waals surface area contributed by atoms with E-state index in [1.807, 2.05) is 6.20 Å². The Morgan fingerprint density at radius 1 is 1.50 bits per heavy atom. The second kappa shape index (κ2) is 5.33. The Bertz CT molecular complexity index is 403. The van der Waals surface area contributed by atoms with Crippen molar-refractivity contribution < 1.29 is 0 Å². The van der Waals surface area contributed by atoms with Gasteiger partial charge in [-0.2, -0.15) is 0 Å². The standard InChI is InChI=1S/C14H24N4/c1-14(2,10-15)13-16-7-6-12(17-13)11-5-4-8-18(3)9-11/h6-7,11H,4-5,8-10,15H2,1-3H3. The van der Waals surface area contributed by atoms with Crippen LogP contribution in [-0.4, -0.2) is 41.5 Å². The lowest BCUT2D eigenvalue weighted by Gasteiger charge is -2.30. The average molecular weight is 248 g/mol. The van der Waals surface area contributed by atoms with E-state index in [0.717, 1.165) is 12.4 Å². The molecule has 1 atom stereocenters. The predicted octanol–water partition coefficient (Wildman–Crippen LogP) is 1.52. The zero-order chi connectivity index (χ0) is 13.2. The van der Waals surface area contributed by atoms with Gasteiger partial charge in [0.05, 0.1) is 0 Å². The average Bonchev–Trinajstić information content (AvgIpc) is 2.39. The number of aromatic nitrogens is 2. The zero-order valence-corrected chi connectivity index (χ0v) is 11.7. The molecule has 0 aromatic carbocycles. The Hall–Kier alpha value is -1.00. The van der Waals surface area contributed by atoms with Crippen LogP contribution in [0.5, 0.6) is 0 Å². The summed E-state index contributed by atoms with van der Waals surface area (Å²) in [4.78, 5) is 11.5. The number of hydrogen-bond acceptors (Lipinski definition) is 4. The minimum absolute atomic E-state index is 0.142. The SMILES string of the molecule is CN1CCCC(c2ccnc(C(C)(C)CN)n2)C1. The van der Waals surface area contributed by atoms with Gasteiger partial charge >= 0.3 is 0 Å². The Balaban J connectivity index is 2.21. The number of likely N-dealkylation sites (N-methyl/N-ethyl adjacent to an activating group) is 1. The Morgan fingerprint density at radius 2 is 2.28 bits per heavy atom. The molecule has 18 heavy (non-hydrogen) atoms. The van der Waals surface area contributed by atoms with Crippen LogP contribution < -0.4 is 5.73 Å². The van der Waals surface area contributed by atoms with E-state index in [1.165, 1.54) is 25.1 Å². The normalized spacial score (nSPS) is 22.1. The molecule has 1 fully saturated rings. The van der Waals surface area contributed by atoms with Gasteiger partial charge in [-0.15, -0.1) is 0 Å². The summed E-state index contributed by atoms with van der Waals surface area (Å²) in [7, 11) is 2.18. The van der Waals surface area contributed by atoms with Crippen molar-refractivity contribution in [3.8, 4) is 0 Å². The maximum absolute atomic E-state index is 5.80. The molecule has 1 aliphatic rings. The fourth-order valence-electron chi connectivity index (χ4n) is 2.43. The van der Waals surface area contributed by atoms with Crippen LogP contribution in [0.15, 0.2) is 12.3 Å². The summed E-state index contributed by atoms with van der Waals surface area (Å²) in [5, 5.41) is 0. The first-order valence-corrected chi connectivity index (χ1v) is 6.75. The molecule has 4 nitrogen and oxygen atoms in total. The molecule has 1 aromatic rings. The van der Waals surface area contributed by atoms with E-state index < -0.39 is 0 Å². The van der Waals surface area contributed by atoms with Gasteiger partial charge in [0, 0.05) is 36.3 Å². The molecular formula is C14H24N4. The van der Waals surface area contributed by atoms with Crippen molar-refractivity contribution in [1.82, 2.24) is 14.9 Å². The highest BCUT2D eigenvalue weighted by molar-refractivity contribution is 5.14. The van der Waals surface area contributed by atoms with E-state index in [9.17, 15) is 0 Å². The second-order valence-corrected chi connectivity index (χ2v) is 5.99. The maximum atomic E-state index is 5.80. The molecule has 2 heterocycles. The van der Waals surface area contributed by atoms with Gasteiger partial charge in [0.1, 0.15) is 5.82 Å². The van der Waals surface area contributed by atoms with E-state index in [1.54, 1.807) is 0 Å². The Labute approximate surface area is 110 Å². The smallest absolute Gasteiger partial charge is 0.135 e. The van der Waals surface area contributed by atoms with Gasteiger partial charge in [0.2, 0.25) is 0 Å². The summed E-state index contributed by atoms with van der Waals surface area (Å²) in [6.45, 7) is 7.06. The van der Waals surface area contributed by atoms with Crippen molar-refractivity contribution >= 4 is 0 Å². The van der Waals surface area contributed by atoms with Crippen LogP contribution in [0.25, 0.3) is 0 Å². The number of likely N-dealkylation sites (tertiary alicyclic amines) is 1. The lowest BCUT2D eigenvalue weighted by Crippen LogP contribution is -2.33. The zero-order valence-electron chi connectivity index (χ0n) is 11.7. The topological polar surface area (TPSA) is 55.0 Å². The number of nitrogens with zero attached hydrogens (tertiary/aromatic N) is 3. The molecule has 2 rings (SSSR count). The largest absolute Gasteiger partial charge is 0.329 e. The molecule has 2 N–H and O–H groups in total. The minimum Gasteiger partial charge on any atom is -0.329 e. The molecule has 4 heteroatoms. The fourth-order valence-corrected chi connectivity index (χ4v) is 2.43. The summed E-state index contributed by atoms with van der Waals surface area (Å²) >= 11 is 0. The lowest BCUT2D eigenvalue weighted by atomic mass is 9.91. The monoisotopic (exact) mass is 248 g/mol. The Morgan fingerprint density at radius 3 is 2.94 bits per heavy atom. The molecule has 1 aromatic heterocycles. The molecule has 0 spiro atoms. The molecule has 0 bridgehead atoms. The van der Waals surface area contributed by atoms with Crippen LogP contribution in [-0.2, 0) is 5.41 Å². The van der Waals surface area contributed by atoms with E-state index in [0.29, 0.717) is 12.5 Å². The highest BCUT2D eigenvalue weighted by atomic mass is 15.1. The van der Waals surface area contributed by atoms with Crippen LogP contribution in [0, 0.1) is 0 Å². The maximum Gasteiger partial charge on any atom is 0.135 e. The quantitative estimate of drug-likeness (QED) is 0.881. The highest BCUT2D eigenvalue weighted by Crippen LogP contribution is 2.26. The van der Waals surface area contributed by atoms with E-state index in [-0.39, 0.29) is 5.41 Å². The number of nitrogens with two attached hydrogens (primary N) is 1. The second-order valence-electron chi connectivity index (χ2n) is 5.99. The first-order chi connectivity index (χ1) is 8.53. The van der Waals surface area contributed by atoms with Crippen LogP contribution in [0.2, 0.25) is 0 Å². The summed E-state index contributed by atoms with van der Waals surface area (Å²) in [5.41, 5.74) is 6.83. The van der Waals surface area contributed by atoms with Crippen LogP contribution >= 0.6 is 0 Å². The van der Waals surface area contributed by atoms with Crippen LogP contribution in [0.3, 0.4) is 0 Å². The molecule has 1 aliphatic heterocycles. The first-order valence-electron chi connectivity index (χ1n) is 6.75. The number of piperidine rings is 1. The summed E-state index contributed by atoms with van der Waals surface area (Å²) in [6.07, 6.45) is 4.36. The van der Waals surface area contributed by atoms with E-state index in [2.05, 4.69) is 36.8 Å². The molecule has 100 valence electrons.